The van der Waals surface area contributed by atoms with Crippen LogP contribution in [0.2, 0.25) is 0 Å². The Morgan fingerprint density at radius 2 is 1.80 bits per heavy atom. The Labute approximate surface area is 203 Å². The Morgan fingerprint density at radius 3 is 2.40 bits per heavy atom. The molecule has 0 aromatic rings. The molecule has 0 unspecified atom stereocenters. The molecule has 1 aliphatic carbocycles. The van der Waals surface area contributed by atoms with Gasteiger partial charge in [0.1, 0.15) is 18.3 Å². The van der Waals surface area contributed by atoms with Crippen molar-refractivity contribution in [2.45, 2.75) is 76.7 Å². The van der Waals surface area contributed by atoms with Crippen LogP contribution in [0.5, 0.6) is 0 Å². The number of aliphatic hydroxyl groups excluding tert-OH is 5. The number of rotatable bonds is 9. The first kappa shape index (κ1) is 27.8. The molecule has 5 N–H and O–H groups in total. The van der Waals surface area contributed by atoms with Gasteiger partial charge >= 0.3 is 11.9 Å². The number of fused-ring (bicyclic) bond motifs is 1. The highest BCUT2D eigenvalue weighted by Crippen LogP contribution is 2.47. The molecule has 2 aliphatic heterocycles. The van der Waals surface area contributed by atoms with E-state index in [2.05, 4.69) is 0 Å². The van der Waals surface area contributed by atoms with E-state index in [1.54, 1.807) is 0 Å². The predicted octanol–water partition coefficient (Wildman–Crippen LogP) is -1.19. The van der Waals surface area contributed by atoms with Gasteiger partial charge < -0.3 is 49.2 Å². The fraction of sp³-hybridized carbons (Fsp3) is 0.826. The number of esters is 2. The molecule has 2 fully saturated rings. The lowest BCUT2D eigenvalue weighted by atomic mass is 9.83. The first-order valence-electron chi connectivity index (χ1n) is 11.8. The van der Waals surface area contributed by atoms with E-state index in [1.807, 2.05) is 13.8 Å². The Balaban J connectivity index is 1.75. The van der Waals surface area contributed by atoms with Gasteiger partial charge in [-0.3, -0.25) is 9.59 Å². The summed E-state index contributed by atoms with van der Waals surface area (Å²) in [6, 6.07) is 0. The molecule has 12 nitrogen and oxygen atoms in total. The van der Waals surface area contributed by atoms with Crippen LogP contribution in [0.25, 0.3) is 0 Å². The number of hydrogen-bond acceptors (Lipinski definition) is 12. The lowest BCUT2D eigenvalue weighted by Crippen LogP contribution is -2.60. The first-order chi connectivity index (χ1) is 16.6. The maximum absolute atomic E-state index is 12.2. The molecular formula is C23H36O12. The van der Waals surface area contributed by atoms with Gasteiger partial charge in [0.25, 0.3) is 0 Å². The molecule has 200 valence electrons. The average Bonchev–Trinajstić information content (AvgIpc) is 3.13. The maximum atomic E-state index is 12.2. The molecular weight excluding hydrogens is 468 g/mol. The van der Waals surface area contributed by atoms with Crippen molar-refractivity contribution in [2.75, 3.05) is 19.8 Å². The summed E-state index contributed by atoms with van der Waals surface area (Å²) in [4.78, 5) is 23.8. The van der Waals surface area contributed by atoms with Crippen LogP contribution < -0.4 is 0 Å². The van der Waals surface area contributed by atoms with Crippen LogP contribution in [0.1, 0.15) is 33.6 Å². The number of carbonyl (C=O) groups excluding carboxylic acids is 2. The van der Waals surface area contributed by atoms with Gasteiger partial charge in [-0.15, -0.1) is 0 Å². The summed E-state index contributed by atoms with van der Waals surface area (Å²) in [5.74, 6) is -2.55. The van der Waals surface area contributed by atoms with E-state index in [4.69, 9.17) is 23.7 Å². The summed E-state index contributed by atoms with van der Waals surface area (Å²) >= 11 is 0. The van der Waals surface area contributed by atoms with Crippen molar-refractivity contribution in [3.8, 4) is 0 Å². The van der Waals surface area contributed by atoms with E-state index in [9.17, 15) is 35.1 Å². The Morgan fingerprint density at radius 1 is 1.09 bits per heavy atom. The highest BCUT2D eigenvalue weighted by Gasteiger charge is 2.52. The third-order valence-corrected chi connectivity index (χ3v) is 6.67. The van der Waals surface area contributed by atoms with Crippen molar-refractivity contribution in [1.82, 2.24) is 0 Å². The van der Waals surface area contributed by atoms with Gasteiger partial charge in [-0.05, 0) is 23.8 Å². The SMILES string of the molecule is CC(=O)O[C@H]1[C@H](OCC2=CO[C@@H](OC(=O)CC(C)C)[C@@H]3[C@@H](CO)[C@@H](O)C[C@H]23)O[C@H](CO)[C@@H](O)[C@@H]1O. The van der Waals surface area contributed by atoms with Crippen LogP contribution in [0.15, 0.2) is 11.8 Å². The molecule has 10 atom stereocenters. The maximum Gasteiger partial charge on any atom is 0.309 e. The van der Waals surface area contributed by atoms with E-state index in [0.717, 1.165) is 6.92 Å². The van der Waals surface area contributed by atoms with Crippen molar-refractivity contribution in [3.05, 3.63) is 11.8 Å². The minimum atomic E-state index is -1.56. The van der Waals surface area contributed by atoms with E-state index in [-0.39, 0.29) is 37.9 Å². The number of hydrogen-bond donors (Lipinski definition) is 5. The average molecular weight is 505 g/mol. The molecule has 0 bridgehead atoms. The minimum absolute atomic E-state index is 0.0847. The Kier molecular flexibility index (Phi) is 9.49. The summed E-state index contributed by atoms with van der Waals surface area (Å²) in [7, 11) is 0. The van der Waals surface area contributed by atoms with Gasteiger partial charge in [0.05, 0.1) is 25.6 Å². The summed E-state index contributed by atoms with van der Waals surface area (Å²) in [5, 5.41) is 50.4. The third kappa shape index (κ3) is 6.31. The van der Waals surface area contributed by atoms with Crippen LogP contribution in [-0.4, -0.2) is 100 Å². The van der Waals surface area contributed by atoms with Gasteiger partial charge in [-0.1, -0.05) is 13.8 Å². The van der Waals surface area contributed by atoms with Crippen molar-refractivity contribution in [2.24, 2.45) is 23.7 Å². The van der Waals surface area contributed by atoms with Crippen LogP contribution >= 0.6 is 0 Å². The van der Waals surface area contributed by atoms with Gasteiger partial charge in [-0.2, -0.15) is 0 Å². The fourth-order valence-corrected chi connectivity index (χ4v) is 4.96. The molecule has 3 aliphatic rings. The molecule has 1 saturated heterocycles. The summed E-state index contributed by atoms with van der Waals surface area (Å²) in [6.07, 6.45) is -6.89. The van der Waals surface area contributed by atoms with Gasteiger partial charge in [0.2, 0.25) is 6.29 Å². The first-order valence-corrected chi connectivity index (χ1v) is 11.8. The molecule has 0 aromatic carbocycles. The smallest absolute Gasteiger partial charge is 0.309 e. The molecule has 12 heteroatoms. The summed E-state index contributed by atoms with van der Waals surface area (Å²) in [6.45, 7) is 3.82. The summed E-state index contributed by atoms with van der Waals surface area (Å²) < 4.78 is 27.6. The molecule has 2 heterocycles. The van der Waals surface area contributed by atoms with Crippen LogP contribution in [0.3, 0.4) is 0 Å². The lowest BCUT2D eigenvalue weighted by Gasteiger charge is -2.41. The normalized spacial score (nSPS) is 38.9. The number of carbonyl (C=O) groups is 2. The van der Waals surface area contributed by atoms with Crippen molar-refractivity contribution in [3.63, 3.8) is 0 Å². The van der Waals surface area contributed by atoms with Crippen LogP contribution in [0, 0.1) is 23.7 Å². The zero-order chi connectivity index (χ0) is 25.9. The van der Waals surface area contributed by atoms with Gasteiger partial charge in [-0.25, -0.2) is 0 Å². The second kappa shape index (κ2) is 12.0. The molecule has 35 heavy (non-hydrogen) atoms. The quantitative estimate of drug-likeness (QED) is 0.237. The van der Waals surface area contributed by atoms with Crippen molar-refractivity contribution < 1.29 is 58.8 Å². The standard InChI is InChI=1S/C23H36O12/c1-10(2)4-17(28)35-22-18-13(5-15(27)14(18)6-24)12(8-31-22)9-32-23-21(33-11(3)26)20(30)19(29)16(7-25)34-23/h8,10,13-16,18-25,27,29-30H,4-7,9H2,1-3H3/t13-,14+,15+,16-,18+,19-,20+,21-,22+,23-/m1/s1. The number of aliphatic hydroxyl groups is 5. The Hall–Kier alpha value is -1.80. The van der Waals surface area contributed by atoms with E-state index in [0.29, 0.717) is 5.57 Å². The predicted molar refractivity (Wildman–Crippen MR) is 116 cm³/mol. The van der Waals surface area contributed by atoms with E-state index in [1.165, 1.54) is 6.26 Å². The summed E-state index contributed by atoms with van der Waals surface area (Å²) in [5.41, 5.74) is 0.576. The third-order valence-electron chi connectivity index (χ3n) is 6.67. The molecule has 0 amide bonds. The minimum Gasteiger partial charge on any atom is -0.462 e. The van der Waals surface area contributed by atoms with E-state index < -0.39 is 73.5 Å². The van der Waals surface area contributed by atoms with Gasteiger partial charge in [0.15, 0.2) is 12.4 Å². The molecule has 0 aromatic heterocycles. The van der Waals surface area contributed by atoms with E-state index >= 15 is 0 Å². The second-order valence-electron chi connectivity index (χ2n) is 9.71. The van der Waals surface area contributed by atoms with Crippen molar-refractivity contribution in [1.29, 1.82) is 0 Å². The van der Waals surface area contributed by atoms with Crippen LogP contribution in [0.4, 0.5) is 0 Å². The highest BCUT2D eigenvalue weighted by molar-refractivity contribution is 5.69. The highest BCUT2D eigenvalue weighted by atomic mass is 16.7. The zero-order valence-electron chi connectivity index (χ0n) is 20.1. The zero-order valence-corrected chi connectivity index (χ0v) is 20.1. The number of ether oxygens (including phenoxy) is 5. The van der Waals surface area contributed by atoms with Crippen molar-refractivity contribution >= 4 is 11.9 Å². The second-order valence-corrected chi connectivity index (χ2v) is 9.71. The topological polar surface area (TPSA) is 181 Å². The monoisotopic (exact) mass is 504 g/mol. The van der Waals surface area contributed by atoms with Crippen LogP contribution in [-0.2, 0) is 33.3 Å². The fourth-order valence-electron chi connectivity index (χ4n) is 4.96. The molecule has 0 spiro atoms. The molecule has 3 rings (SSSR count). The molecule has 0 radical (unpaired) electrons. The lowest BCUT2D eigenvalue weighted by molar-refractivity contribution is -0.302. The largest absolute Gasteiger partial charge is 0.462 e. The molecule has 1 saturated carbocycles. The Bertz CT molecular complexity index is 770. The van der Waals surface area contributed by atoms with Gasteiger partial charge in [0, 0.05) is 31.8 Å².